The Balaban J connectivity index is 0.00000107. The fraction of sp³-hybridized carbons (Fsp3) is 0.865. The van der Waals surface area contributed by atoms with Crippen LogP contribution in [0, 0.1) is 40.9 Å². The van der Waals surface area contributed by atoms with Gasteiger partial charge in [0.25, 0.3) is 0 Å². The summed E-state index contributed by atoms with van der Waals surface area (Å²) in [5, 5.41) is 2.73. The van der Waals surface area contributed by atoms with Crippen LogP contribution in [0.4, 0.5) is 0 Å². The zero-order valence-electron chi connectivity index (χ0n) is 32.2. The van der Waals surface area contributed by atoms with Crippen LogP contribution >= 0.6 is 7.75 Å². The molecule has 13 nitrogen and oxygen atoms in total. The highest BCUT2D eigenvalue weighted by atomic mass is 31.2. The van der Waals surface area contributed by atoms with Crippen LogP contribution in [0.2, 0.25) is 0 Å². The van der Waals surface area contributed by atoms with Crippen LogP contribution in [-0.2, 0) is 27.9 Å². The number of carbonyl (C=O) groups excluding carboxylic acids is 1. The maximum absolute atomic E-state index is 13.0. The number of esters is 1. The number of ether oxygens (including phenoxy) is 2. The molecule has 0 bridgehead atoms. The second kappa shape index (κ2) is 21.5. The third-order valence-corrected chi connectivity index (χ3v) is 13.2. The number of hydrogen-bond acceptors (Lipinski definition) is 8. The quantitative estimate of drug-likeness (QED) is 0.0274. The molecule has 0 spiro atoms. The average Bonchev–Trinajstić information content (AvgIpc) is 3.43. The monoisotopic (exact) mass is 740 g/mol. The Labute approximate surface area is 307 Å². The number of aliphatic imine (C=N–C) groups is 2. The van der Waals surface area contributed by atoms with Gasteiger partial charge in [-0.15, -0.1) is 0 Å². The number of guanidine groups is 2. The number of nitrogens with two attached hydrogens (primary N) is 4. The minimum atomic E-state index is -3.69. The standard InChI is InChI=1S/C31H56N7O6P.C6H14/c1-3-22-5-9-27-26-7-4-21-20-23(6-8-24(21)25(26)10-12-31(22,27)2)44-28(39)11-16-41-17-15-38-45(40,42-18-13-36-29(32)33)43-19-14-37-30(34)35;1-4-5-6(2)3/h4,22-27H,3,5-20H2,1-2H3,(H,38,40)(H4,32,33,36)(H4,34,35,37);6H,4-5H2,1-3H3. The second-order valence-electron chi connectivity index (χ2n) is 15.4. The van der Waals surface area contributed by atoms with Crippen molar-refractivity contribution in [2.75, 3.05) is 46.1 Å². The Bertz CT molecular complexity index is 1180. The summed E-state index contributed by atoms with van der Waals surface area (Å²) in [6, 6.07) is 0. The Morgan fingerprint density at radius 2 is 1.65 bits per heavy atom. The Morgan fingerprint density at radius 1 is 0.961 bits per heavy atom. The zero-order chi connectivity index (χ0) is 37.4. The van der Waals surface area contributed by atoms with E-state index < -0.39 is 7.75 Å². The van der Waals surface area contributed by atoms with E-state index in [9.17, 15) is 9.36 Å². The molecule has 4 rings (SSSR count). The van der Waals surface area contributed by atoms with Crippen molar-refractivity contribution in [2.24, 2.45) is 73.8 Å². The number of nitrogens with one attached hydrogen (secondary N) is 1. The topological polar surface area (TPSA) is 212 Å². The molecule has 0 aliphatic heterocycles. The maximum Gasteiger partial charge on any atom is 0.405 e. The number of hydrogen-bond donors (Lipinski definition) is 5. The first-order chi connectivity index (χ1) is 24.3. The van der Waals surface area contributed by atoms with Gasteiger partial charge in [-0.2, -0.15) is 0 Å². The van der Waals surface area contributed by atoms with E-state index in [1.807, 2.05) is 0 Å². The smallest absolute Gasteiger partial charge is 0.405 e. The molecule has 9 N–H and O–H groups in total. The van der Waals surface area contributed by atoms with Gasteiger partial charge in [-0.1, -0.05) is 65.5 Å². The van der Waals surface area contributed by atoms with Crippen molar-refractivity contribution in [3.8, 4) is 0 Å². The highest BCUT2D eigenvalue weighted by Crippen LogP contribution is 2.63. The molecule has 0 aromatic rings. The Hall–Kier alpha value is -2.18. The third kappa shape index (κ3) is 13.6. The summed E-state index contributed by atoms with van der Waals surface area (Å²) < 4.78 is 35.2. The van der Waals surface area contributed by atoms with Crippen molar-refractivity contribution < 1.29 is 27.9 Å². The molecular weight excluding hydrogens is 669 g/mol. The van der Waals surface area contributed by atoms with Crippen LogP contribution in [0.15, 0.2) is 21.6 Å². The summed E-state index contributed by atoms with van der Waals surface area (Å²) in [7, 11) is -3.69. The summed E-state index contributed by atoms with van der Waals surface area (Å²) in [5.41, 5.74) is 23.3. The highest BCUT2D eigenvalue weighted by Gasteiger charge is 2.55. The number of rotatable bonds is 19. The molecule has 0 amide bonds. The van der Waals surface area contributed by atoms with E-state index in [1.165, 1.54) is 56.9 Å². The van der Waals surface area contributed by atoms with E-state index in [1.54, 1.807) is 0 Å². The number of allylic oxidation sites excluding steroid dienone is 1. The van der Waals surface area contributed by atoms with Gasteiger partial charge in [0.05, 0.1) is 45.9 Å². The zero-order valence-corrected chi connectivity index (χ0v) is 33.0. The fourth-order valence-electron chi connectivity index (χ4n) is 9.25. The van der Waals surface area contributed by atoms with Crippen molar-refractivity contribution in [1.82, 2.24) is 5.09 Å². The van der Waals surface area contributed by atoms with E-state index >= 15 is 0 Å². The van der Waals surface area contributed by atoms with Gasteiger partial charge in [-0.3, -0.25) is 23.8 Å². The molecule has 7 atom stereocenters. The van der Waals surface area contributed by atoms with Crippen molar-refractivity contribution in [1.29, 1.82) is 0 Å². The van der Waals surface area contributed by atoms with E-state index in [0.717, 1.165) is 48.9 Å². The lowest BCUT2D eigenvalue weighted by atomic mass is 9.51. The van der Waals surface area contributed by atoms with Gasteiger partial charge in [-0.05, 0) is 85.9 Å². The van der Waals surface area contributed by atoms with Crippen molar-refractivity contribution in [3.05, 3.63) is 11.6 Å². The number of carbonyl (C=O) groups is 1. The molecule has 14 heteroatoms. The lowest BCUT2D eigenvalue weighted by Crippen LogP contribution is -2.46. The minimum Gasteiger partial charge on any atom is -0.462 e. The van der Waals surface area contributed by atoms with Gasteiger partial charge >= 0.3 is 13.7 Å². The number of fused-ring (bicyclic) bond motifs is 5. The second-order valence-corrected chi connectivity index (χ2v) is 17.2. The first-order valence-electron chi connectivity index (χ1n) is 19.5. The first kappa shape index (κ1) is 43.2. The molecule has 4 aliphatic carbocycles. The van der Waals surface area contributed by atoms with Crippen LogP contribution in [0.1, 0.15) is 112 Å². The molecule has 4 aliphatic rings. The van der Waals surface area contributed by atoms with Gasteiger partial charge in [0.15, 0.2) is 11.9 Å². The molecule has 3 saturated carbocycles. The van der Waals surface area contributed by atoms with Gasteiger partial charge in [0, 0.05) is 13.0 Å². The lowest BCUT2D eigenvalue weighted by Gasteiger charge is -2.54. The molecular formula is C37H70N7O6P. The van der Waals surface area contributed by atoms with Crippen molar-refractivity contribution in [2.45, 2.75) is 118 Å². The van der Waals surface area contributed by atoms with Crippen molar-refractivity contribution in [3.63, 3.8) is 0 Å². The predicted octanol–water partition coefficient (Wildman–Crippen LogP) is 5.62. The molecule has 51 heavy (non-hydrogen) atoms. The van der Waals surface area contributed by atoms with Crippen LogP contribution in [0.5, 0.6) is 0 Å². The SMILES string of the molecule is CCC1CCC2C3CC=C4CC(OC(=O)CCOCCNP(=O)(OCCN=C(N)N)OCCN=C(N)N)CCC4C3CCC12C.CCCC(C)C. The summed E-state index contributed by atoms with van der Waals surface area (Å²) in [6.07, 6.45) is 16.3. The van der Waals surface area contributed by atoms with E-state index in [4.69, 9.17) is 41.5 Å². The lowest BCUT2D eigenvalue weighted by molar-refractivity contribution is -0.151. The third-order valence-electron chi connectivity index (χ3n) is 11.6. The molecule has 294 valence electrons. The van der Waals surface area contributed by atoms with Gasteiger partial charge in [0.1, 0.15) is 6.10 Å². The molecule has 0 aromatic heterocycles. The summed E-state index contributed by atoms with van der Waals surface area (Å²) in [5.74, 6) is 4.54. The minimum absolute atomic E-state index is 0.0312. The van der Waals surface area contributed by atoms with Crippen LogP contribution in [0.25, 0.3) is 0 Å². The predicted molar refractivity (Wildman–Crippen MR) is 205 cm³/mol. The van der Waals surface area contributed by atoms with Gasteiger partial charge < -0.3 is 32.4 Å². The van der Waals surface area contributed by atoms with Crippen LogP contribution in [-0.4, -0.2) is 70.1 Å². The molecule has 7 unspecified atom stereocenters. The van der Waals surface area contributed by atoms with Gasteiger partial charge in [-0.25, -0.2) is 9.65 Å². The fourth-order valence-corrected chi connectivity index (χ4v) is 10.5. The molecule has 3 fully saturated rings. The first-order valence-corrected chi connectivity index (χ1v) is 21.1. The Morgan fingerprint density at radius 3 is 2.24 bits per heavy atom. The average molecular weight is 740 g/mol. The largest absolute Gasteiger partial charge is 0.462 e. The summed E-state index contributed by atoms with van der Waals surface area (Å²) in [4.78, 5) is 20.2. The van der Waals surface area contributed by atoms with E-state index in [0.29, 0.717) is 11.3 Å². The highest BCUT2D eigenvalue weighted by molar-refractivity contribution is 7.51. The normalized spacial score (nSPS) is 28.3. The number of nitrogens with zero attached hydrogens (tertiary/aromatic N) is 2. The summed E-state index contributed by atoms with van der Waals surface area (Å²) >= 11 is 0. The molecule has 0 saturated heterocycles. The van der Waals surface area contributed by atoms with Crippen LogP contribution in [0.3, 0.4) is 0 Å². The van der Waals surface area contributed by atoms with Crippen LogP contribution < -0.4 is 28.0 Å². The van der Waals surface area contributed by atoms with E-state index in [2.05, 4.69) is 55.8 Å². The molecule has 0 radical (unpaired) electrons. The molecule has 0 heterocycles. The van der Waals surface area contributed by atoms with E-state index in [-0.39, 0.29) is 76.5 Å². The molecule has 0 aromatic carbocycles. The van der Waals surface area contributed by atoms with Gasteiger partial charge in [0.2, 0.25) is 0 Å². The Kier molecular flexibility index (Phi) is 18.2. The van der Waals surface area contributed by atoms with Crippen molar-refractivity contribution >= 4 is 25.6 Å². The maximum atomic E-state index is 13.0. The summed E-state index contributed by atoms with van der Waals surface area (Å²) in [6.45, 7) is 12.4.